The first-order valence-corrected chi connectivity index (χ1v) is 7.42. The summed E-state index contributed by atoms with van der Waals surface area (Å²) in [6.45, 7) is 17.9. The van der Waals surface area contributed by atoms with Gasteiger partial charge in [0.15, 0.2) is 0 Å². The smallest absolute Gasteiger partial charge is 0.0302 e. The van der Waals surface area contributed by atoms with Crippen molar-refractivity contribution in [1.29, 1.82) is 0 Å². The fourth-order valence-corrected chi connectivity index (χ4v) is 1.70. The molecule has 0 rings (SSSR count). The maximum atomic E-state index is 4.19. The summed E-state index contributed by atoms with van der Waals surface area (Å²) >= 11 is 0. The Morgan fingerprint density at radius 1 is 0.889 bits per heavy atom. The van der Waals surface area contributed by atoms with Crippen molar-refractivity contribution in [2.45, 2.75) is 80.1 Å². The van der Waals surface area contributed by atoms with Crippen LogP contribution < -0.4 is 0 Å². The van der Waals surface area contributed by atoms with Crippen LogP contribution in [0.5, 0.6) is 0 Å². The van der Waals surface area contributed by atoms with E-state index in [9.17, 15) is 0 Å². The van der Waals surface area contributed by atoms with E-state index >= 15 is 0 Å². The second-order valence-electron chi connectivity index (χ2n) is 7.94. The molecule has 0 aliphatic carbocycles. The van der Waals surface area contributed by atoms with Gasteiger partial charge in [-0.25, -0.2) is 0 Å². The third kappa shape index (κ3) is 13.5. The molecule has 0 bridgehead atoms. The lowest BCUT2D eigenvalue weighted by molar-refractivity contribution is 0.375. The molecule has 0 aromatic rings. The monoisotopic (exact) mass is 250 g/mol. The third-order valence-corrected chi connectivity index (χ3v) is 3.03. The summed E-state index contributed by atoms with van der Waals surface area (Å²) in [5.41, 5.74) is 2.29. The van der Waals surface area contributed by atoms with Gasteiger partial charge in [0.05, 0.1) is 0 Å². The summed E-state index contributed by atoms with van der Waals surface area (Å²) in [4.78, 5) is 0. The minimum Gasteiger partial charge on any atom is -0.0999 e. The largest absolute Gasteiger partial charge is 0.0999 e. The molecule has 0 aliphatic rings. The Bertz CT molecular complexity index is 255. The molecule has 0 heteroatoms. The van der Waals surface area contributed by atoms with E-state index in [-0.39, 0.29) is 0 Å². The Hall–Kier alpha value is -0.520. The fraction of sp³-hybridized carbons (Fsp3) is 0.778. The third-order valence-electron chi connectivity index (χ3n) is 3.03. The van der Waals surface area contributed by atoms with E-state index in [1.807, 2.05) is 0 Å². The fourth-order valence-electron chi connectivity index (χ4n) is 1.70. The van der Waals surface area contributed by atoms with Crippen molar-refractivity contribution in [1.82, 2.24) is 0 Å². The van der Waals surface area contributed by atoms with Gasteiger partial charge in [0, 0.05) is 0 Å². The molecule has 0 radical (unpaired) electrons. The molecule has 0 saturated carbocycles. The van der Waals surface area contributed by atoms with Crippen LogP contribution in [0.2, 0.25) is 0 Å². The van der Waals surface area contributed by atoms with Crippen molar-refractivity contribution in [2.24, 2.45) is 10.8 Å². The van der Waals surface area contributed by atoms with Crippen molar-refractivity contribution in [3.8, 4) is 0 Å². The first kappa shape index (κ1) is 17.5. The topological polar surface area (TPSA) is 0 Å². The predicted octanol–water partition coefficient (Wildman–Crippen LogP) is 6.53. The normalized spacial score (nSPS) is 13.2. The highest BCUT2D eigenvalue weighted by atomic mass is 14.2. The predicted molar refractivity (Wildman–Crippen MR) is 84.9 cm³/mol. The van der Waals surface area contributed by atoms with Crippen LogP contribution in [0.15, 0.2) is 24.3 Å². The first-order chi connectivity index (χ1) is 8.10. The van der Waals surface area contributed by atoms with Crippen LogP contribution >= 0.6 is 0 Å². The molecular formula is C18H34. The summed E-state index contributed by atoms with van der Waals surface area (Å²) in [7, 11) is 0. The molecule has 0 saturated heterocycles. The second-order valence-corrected chi connectivity index (χ2v) is 7.94. The Morgan fingerprint density at radius 3 is 2.00 bits per heavy atom. The van der Waals surface area contributed by atoms with Crippen molar-refractivity contribution in [3.63, 3.8) is 0 Å². The van der Waals surface area contributed by atoms with Crippen LogP contribution in [0, 0.1) is 10.8 Å². The number of allylic oxidation sites excluding steroid dienone is 3. The summed E-state index contributed by atoms with van der Waals surface area (Å²) in [5.74, 6) is 0. The number of rotatable bonds is 7. The highest BCUT2D eigenvalue weighted by Crippen LogP contribution is 2.24. The standard InChI is InChI=1S/C18H34/c1-16(13-15-18(5,6)7)12-10-8-9-11-14-17(2,3)4/h9,11H,1,8,10,12-15H2,2-7H3. The Morgan fingerprint density at radius 2 is 1.50 bits per heavy atom. The number of unbranched alkanes of at least 4 members (excludes halogenated alkanes) is 1. The van der Waals surface area contributed by atoms with Gasteiger partial charge in [0.2, 0.25) is 0 Å². The van der Waals surface area contributed by atoms with E-state index < -0.39 is 0 Å². The summed E-state index contributed by atoms with van der Waals surface area (Å²) in [5, 5.41) is 0. The van der Waals surface area contributed by atoms with Gasteiger partial charge in [-0.05, 0) is 49.4 Å². The van der Waals surface area contributed by atoms with E-state index in [0.717, 1.165) is 0 Å². The summed E-state index contributed by atoms with van der Waals surface area (Å²) in [6, 6.07) is 0. The molecule has 0 heterocycles. The van der Waals surface area contributed by atoms with Crippen LogP contribution in [0.4, 0.5) is 0 Å². The molecule has 0 nitrogen and oxygen atoms in total. The van der Waals surface area contributed by atoms with E-state index in [4.69, 9.17) is 0 Å². The van der Waals surface area contributed by atoms with E-state index in [2.05, 4.69) is 60.3 Å². The SMILES string of the molecule is C=C(CCCC=CCC(C)(C)C)CCC(C)(C)C. The quantitative estimate of drug-likeness (QED) is 0.356. The average Bonchev–Trinajstić information content (AvgIpc) is 2.17. The molecule has 0 N–H and O–H groups in total. The maximum Gasteiger partial charge on any atom is -0.0302 e. The molecule has 0 unspecified atom stereocenters. The van der Waals surface area contributed by atoms with Crippen LogP contribution in [-0.2, 0) is 0 Å². The molecule has 0 aromatic heterocycles. The van der Waals surface area contributed by atoms with Crippen molar-refractivity contribution in [3.05, 3.63) is 24.3 Å². The minimum absolute atomic E-state index is 0.423. The maximum absolute atomic E-state index is 4.19. The number of hydrogen-bond acceptors (Lipinski definition) is 0. The molecule has 106 valence electrons. The molecule has 0 atom stereocenters. The van der Waals surface area contributed by atoms with E-state index in [1.165, 1.54) is 44.1 Å². The molecule has 0 fully saturated rings. The molecule has 0 aliphatic heterocycles. The van der Waals surface area contributed by atoms with Crippen LogP contribution in [-0.4, -0.2) is 0 Å². The number of hydrogen-bond donors (Lipinski definition) is 0. The lowest BCUT2D eigenvalue weighted by atomic mass is 9.88. The average molecular weight is 250 g/mol. The molecule has 0 spiro atoms. The van der Waals surface area contributed by atoms with Gasteiger partial charge >= 0.3 is 0 Å². The zero-order valence-corrected chi connectivity index (χ0v) is 13.6. The van der Waals surface area contributed by atoms with Gasteiger partial charge in [-0.2, -0.15) is 0 Å². The first-order valence-electron chi connectivity index (χ1n) is 7.42. The van der Waals surface area contributed by atoms with Gasteiger partial charge in [-0.1, -0.05) is 65.8 Å². The highest BCUT2D eigenvalue weighted by Gasteiger charge is 2.10. The van der Waals surface area contributed by atoms with Crippen LogP contribution in [0.1, 0.15) is 80.1 Å². The lowest BCUT2D eigenvalue weighted by Gasteiger charge is -2.18. The van der Waals surface area contributed by atoms with Gasteiger partial charge in [-0.15, -0.1) is 0 Å². The van der Waals surface area contributed by atoms with E-state index in [0.29, 0.717) is 10.8 Å². The van der Waals surface area contributed by atoms with Crippen molar-refractivity contribution in [2.75, 3.05) is 0 Å². The van der Waals surface area contributed by atoms with Crippen molar-refractivity contribution >= 4 is 0 Å². The Balaban J connectivity index is 3.58. The van der Waals surface area contributed by atoms with Gasteiger partial charge in [0.1, 0.15) is 0 Å². The van der Waals surface area contributed by atoms with Crippen LogP contribution in [0.3, 0.4) is 0 Å². The highest BCUT2D eigenvalue weighted by molar-refractivity contribution is 4.96. The molecular weight excluding hydrogens is 216 g/mol. The Kier molecular flexibility index (Phi) is 7.59. The summed E-state index contributed by atoms with van der Waals surface area (Å²) < 4.78 is 0. The van der Waals surface area contributed by atoms with Crippen molar-refractivity contribution < 1.29 is 0 Å². The molecule has 0 aromatic carbocycles. The second kappa shape index (κ2) is 7.81. The molecule has 0 amide bonds. The Labute approximate surface area is 116 Å². The molecule has 18 heavy (non-hydrogen) atoms. The van der Waals surface area contributed by atoms with Gasteiger partial charge < -0.3 is 0 Å². The van der Waals surface area contributed by atoms with Crippen LogP contribution in [0.25, 0.3) is 0 Å². The lowest BCUT2D eigenvalue weighted by Crippen LogP contribution is -2.04. The zero-order chi connectivity index (χ0) is 14.2. The minimum atomic E-state index is 0.423. The summed E-state index contributed by atoms with van der Waals surface area (Å²) in [6.07, 6.45) is 11.9. The zero-order valence-electron chi connectivity index (χ0n) is 13.6. The van der Waals surface area contributed by atoms with E-state index in [1.54, 1.807) is 0 Å². The van der Waals surface area contributed by atoms with Gasteiger partial charge in [-0.3, -0.25) is 0 Å². The van der Waals surface area contributed by atoms with Gasteiger partial charge in [0.25, 0.3) is 0 Å².